The number of amides is 2. The topological polar surface area (TPSA) is 322 Å². The van der Waals surface area contributed by atoms with Crippen molar-refractivity contribution in [1.82, 2.24) is 5.32 Å². The maximum absolute atomic E-state index is 11.6. The average molecular weight is 1330 g/mol. The van der Waals surface area contributed by atoms with Gasteiger partial charge in [0.2, 0.25) is 5.91 Å². The highest BCUT2D eigenvalue weighted by molar-refractivity contribution is 7.99. The lowest BCUT2D eigenvalue weighted by Gasteiger charge is -2.16. The molecule has 3 aromatic carbocycles. The summed E-state index contributed by atoms with van der Waals surface area (Å²) in [6, 6.07) is 27.1. The molecule has 0 fully saturated rings. The molecule has 0 spiro atoms. The second-order valence-corrected chi connectivity index (χ2v) is 18.8. The number of esters is 1. The smallest absolute Gasteiger partial charge is 0.306 e. The van der Waals surface area contributed by atoms with Crippen LogP contribution in [0.1, 0.15) is 258 Å². The van der Waals surface area contributed by atoms with Crippen LogP contribution in [0.4, 0.5) is 0 Å². The number of carboxylic acid groups (broad SMARTS) is 6. The molecule has 0 heterocycles. The molecule has 4 atom stereocenters. The number of aliphatic carboxylic acids is 6. The second kappa shape index (κ2) is 89.0. The van der Waals surface area contributed by atoms with Crippen molar-refractivity contribution in [2.45, 2.75) is 249 Å². The summed E-state index contributed by atoms with van der Waals surface area (Å²) in [7, 11) is 0. The van der Waals surface area contributed by atoms with Gasteiger partial charge in [-0.25, -0.2) is 0 Å². The molecule has 0 bridgehead atoms. The van der Waals surface area contributed by atoms with Gasteiger partial charge in [-0.05, 0) is 81.2 Å². The van der Waals surface area contributed by atoms with Crippen molar-refractivity contribution in [3.63, 3.8) is 0 Å². The van der Waals surface area contributed by atoms with Crippen LogP contribution in [0.2, 0.25) is 0 Å². The predicted molar refractivity (Wildman–Crippen MR) is 396 cm³/mol. The molecular formula is C70H144N2O16S2. The van der Waals surface area contributed by atoms with Crippen molar-refractivity contribution in [3.05, 3.63) is 102 Å². The predicted octanol–water partition coefficient (Wildman–Crippen LogP) is 19.9. The molecule has 3 aromatic rings. The first-order chi connectivity index (χ1) is 34.9. The van der Waals surface area contributed by atoms with Gasteiger partial charge in [0, 0.05) is 47.1 Å². The van der Waals surface area contributed by atoms with Crippen molar-refractivity contribution in [2.24, 2.45) is 23.5 Å². The molecule has 2 amide bonds. The van der Waals surface area contributed by atoms with Crippen LogP contribution in [-0.2, 0) is 43.1 Å². The van der Waals surface area contributed by atoms with E-state index >= 15 is 0 Å². The van der Waals surface area contributed by atoms with Gasteiger partial charge in [-0.1, -0.05) is 227 Å². The van der Waals surface area contributed by atoms with E-state index in [1.807, 2.05) is 88.4 Å². The van der Waals surface area contributed by atoms with Crippen LogP contribution in [0, 0.1) is 24.7 Å². The van der Waals surface area contributed by atoms with E-state index < -0.39 is 47.6 Å². The summed E-state index contributed by atoms with van der Waals surface area (Å²) < 4.78 is 4.78. The van der Waals surface area contributed by atoms with Crippen LogP contribution in [-0.4, -0.2) is 115 Å². The number of nitrogens with one attached hydrogen (secondary N) is 1. The molecule has 18 nitrogen and oxygen atoms in total. The first-order valence-electron chi connectivity index (χ1n) is 24.4. The fourth-order valence-corrected chi connectivity index (χ4v) is 7.00. The van der Waals surface area contributed by atoms with E-state index in [2.05, 4.69) is 24.4 Å². The molecule has 9 N–H and O–H groups in total. The summed E-state index contributed by atoms with van der Waals surface area (Å²) in [5.41, 5.74) is 7.93. The first kappa shape index (κ1) is 137. The lowest BCUT2D eigenvalue weighted by molar-refractivity contribution is -0.147. The number of benzene rings is 3. The monoisotopic (exact) mass is 1330 g/mol. The van der Waals surface area contributed by atoms with Gasteiger partial charge >= 0.3 is 41.8 Å². The molecule has 20 heteroatoms. The van der Waals surface area contributed by atoms with E-state index in [1.54, 1.807) is 37.7 Å². The van der Waals surface area contributed by atoms with Crippen LogP contribution in [0.25, 0.3) is 0 Å². The normalized spacial score (nSPS) is 9.41. The fourth-order valence-electron chi connectivity index (χ4n) is 5.39. The Hall–Kier alpha value is -6.41. The molecule has 4 unspecified atom stereocenters. The number of hydrogen-bond donors (Lipinski definition) is 8. The van der Waals surface area contributed by atoms with Crippen LogP contribution in [0.15, 0.2) is 89.8 Å². The third-order valence-corrected chi connectivity index (χ3v) is 12.1. The number of primary amides is 1. The lowest BCUT2D eigenvalue weighted by atomic mass is 9.89. The Bertz CT molecular complexity index is 2050. The van der Waals surface area contributed by atoms with E-state index in [4.69, 9.17) is 41.1 Å². The molecule has 0 saturated heterocycles. The molecular weight excluding hydrogens is 1190 g/mol. The zero-order valence-corrected chi connectivity index (χ0v) is 45.5. The van der Waals surface area contributed by atoms with Crippen LogP contribution in [0.3, 0.4) is 0 Å². The standard InChI is InChI=1S/C13H16O4S.C13H18O2.C12H15NO3S.C7H13NO3.C5H10O2.C4H8O2.16CH4/c1-10-2-4-11(5-3-10)18-9-7-13(16)17-8-6-12(14)15;1-3-11(13(14)15)9-10(2)12-7-5-4-6-8-12;14-11(15)6-8-17-9-7-13-12(16)10-4-2-1-3-5-10;1-2-5(7(10)11)3-4-6(8)9;1-3-4(2)5(6)7;1-2-3-4(5)6;;;;;;;;;;;;;;;;/h2-5H,6-9H2,1H3,(H,14,15);4-8,10-11H,3,9H2,1-2H3,(H,14,15);1-5H,6-9H2,(H,13,16)(H,14,15);5H,2-4H2,1H3,(H2,8,9)(H,10,11);4H,3H2,1-2H3,(H,6,7);2-3H2,1H3,(H,5,6);16*1H4. The minimum atomic E-state index is -0.961. The fraction of sp³-hybridized carbons (Fsp3) is 0.614. The Balaban J connectivity index is -0.0000000393. The summed E-state index contributed by atoms with van der Waals surface area (Å²) in [5.74, 6) is -4.16. The van der Waals surface area contributed by atoms with Gasteiger partial charge in [0.15, 0.2) is 0 Å². The van der Waals surface area contributed by atoms with Gasteiger partial charge in [-0.15, -0.1) is 11.8 Å². The summed E-state index contributed by atoms with van der Waals surface area (Å²) in [6.45, 7) is 13.7. The first-order valence-corrected chi connectivity index (χ1v) is 26.5. The average Bonchev–Trinajstić information content (AvgIpc) is 3.35. The van der Waals surface area contributed by atoms with Gasteiger partial charge < -0.3 is 46.4 Å². The highest BCUT2D eigenvalue weighted by Crippen LogP contribution is 2.25. The number of carbonyl (C=O) groups excluding carboxylic acids is 3. The maximum Gasteiger partial charge on any atom is 0.306 e. The van der Waals surface area contributed by atoms with E-state index in [0.717, 1.165) is 29.9 Å². The second-order valence-electron chi connectivity index (χ2n) is 16.4. The molecule has 3 rings (SSSR count). The molecule has 0 aliphatic carbocycles. The Morgan fingerprint density at radius 1 is 0.500 bits per heavy atom. The number of hydrogen-bond acceptors (Lipinski definition) is 12. The number of aryl methyl sites for hydroxylation is 1. The van der Waals surface area contributed by atoms with Crippen molar-refractivity contribution in [1.29, 1.82) is 0 Å². The Kier molecular flexibility index (Phi) is 135. The van der Waals surface area contributed by atoms with Gasteiger partial charge in [0.25, 0.3) is 5.91 Å². The van der Waals surface area contributed by atoms with E-state index in [9.17, 15) is 43.2 Å². The lowest BCUT2D eigenvalue weighted by Crippen LogP contribution is -2.25. The molecule has 0 aromatic heterocycles. The number of ether oxygens (including phenoxy) is 1. The molecule has 0 radical (unpaired) electrons. The van der Waals surface area contributed by atoms with Crippen molar-refractivity contribution < 1.29 is 78.5 Å². The summed E-state index contributed by atoms with van der Waals surface area (Å²) >= 11 is 3.10. The van der Waals surface area contributed by atoms with Gasteiger partial charge in [0.1, 0.15) is 6.61 Å². The van der Waals surface area contributed by atoms with E-state index in [0.29, 0.717) is 55.2 Å². The molecule has 542 valence electrons. The third-order valence-electron chi connectivity index (χ3n) is 10.1. The minimum absolute atomic E-state index is 0. The Morgan fingerprint density at radius 3 is 1.28 bits per heavy atom. The quantitative estimate of drug-likeness (QED) is 0.0190. The minimum Gasteiger partial charge on any atom is -0.481 e. The largest absolute Gasteiger partial charge is 0.481 e. The molecule has 90 heavy (non-hydrogen) atoms. The SMILES string of the molecule is C.C.C.C.C.C.C.C.C.C.C.C.C.C.C.C.CCC(C)C(=O)O.CCC(CC(C)c1ccccc1)C(=O)O.CCC(CCC(N)=O)C(=O)O.CCCC(=O)O.Cc1ccc(SCCC(=O)OCCC(=O)O)cc1.O=C(O)CCSCCNC(=O)c1ccccc1. The van der Waals surface area contributed by atoms with Crippen LogP contribution in [0.5, 0.6) is 0 Å². The van der Waals surface area contributed by atoms with E-state index in [-0.39, 0.29) is 175 Å². The number of carbonyl (C=O) groups is 9. The van der Waals surface area contributed by atoms with E-state index in [1.165, 1.54) is 22.9 Å². The zero-order valence-electron chi connectivity index (χ0n) is 43.9. The van der Waals surface area contributed by atoms with Gasteiger partial charge in [0.05, 0.1) is 37.0 Å². The van der Waals surface area contributed by atoms with Crippen molar-refractivity contribution in [2.75, 3.05) is 30.4 Å². The zero-order chi connectivity index (χ0) is 56.9. The molecule has 0 saturated carbocycles. The summed E-state index contributed by atoms with van der Waals surface area (Å²) in [5, 5.41) is 53.2. The van der Waals surface area contributed by atoms with Crippen LogP contribution >= 0.6 is 23.5 Å². The Labute approximate surface area is 562 Å². The molecule has 0 aliphatic rings. The summed E-state index contributed by atoms with van der Waals surface area (Å²) in [4.78, 5) is 95.5. The highest BCUT2D eigenvalue weighted by Gasteiger charge is 2.19. The number of thioether (sulfide) groups is 2. The number of carboxylic acids is 6. The molecule has 0 aliphatic heterocycles. The highest BCUT2D eigenvalue weighted by atomic mass is 32.2. The number of rotatable bonds is 28. The summed E-state index contributed by atoms with van der Waals surface area (Å²) in [6.07, 6.45) is 4.52. The number of nitrogens with two attached hydrogens (primary N) is 1. The van der Waals surface area contributed by atoms with Gasteiger partial charge in [-0.3, -0.25) is 43.2 Å². The van der Waals surface area contributed by atoms with Crippen molar-refractivity contribution in [3.8, 4) is 0 Å². The Morgan fingerprint density at radius 2 is 0.933 bits per heavy atom. The third kappa shape index (κ3) is 85.8. The van der Waals surface area contributed by atoms with Crippen molar-refractivity contribution >= 4 is 77.1 Å². The van der Waals surface area contributed by atoms with Gasteiger partial charge in [-0.2, -0.15) is 11.8 Å². The maximum atomic E-state index is 11.6. The van der Waals surface area contributed by atoms with Crippen LogP contribution < -0.4 is 11.1 Å².